The highest BCUT2D eigenvalue weighted by Crippen LogP contribution is 2.24. The van der Waals surface area contributed by atoms with Gasteiger partial charge in [-0.05, 0) is 11.6 Å². The van der Waals surface area contributed by atoms with Gasteiger partial charge >= 0.3 is 0 Å². The molecule has 1 aromatic rings. The second kappa shape index (κ2) is 4.75. The molecule has 2 aliphatic rings. The molecule has 2 atom stereocenters. The van der Waals surface area contributed by atoms with E-state index in [1.807, 2.05) is 18.2 Å². The van der Waals surface area contributed by atoms with Crippen molar-refractivity contribution < 1.29 is 14.3 Å². The maximum Gasteiger partial charge on any atom is 0.261 e. The first-order chi connectivity index (χ1) is 9.22. The van der Waals surface area contributed by atoms with Crippen LogP contribution < -0.4 is 5.32 Å². The third-order valence-corrected chi connectivity index (χ3v) is 3.84. The quantitative estimate of drug-likeness (QED) is 0.772. The molecule has 1 aromatic carbocycles. The zero-order valence-corrected chi connectivity index (χ0v) is 10.8. The van der Waals surface area contributed by atoms with Gasteiger partial charge in [-0.15, -0.1) is 0 Å². The van der Waals surface area contributed by atoms with Crippen molar-refractivity contribution in [2.75, 3.05) is 20.2 Å². The average Bonchev–Trinajstić information content (AvgIpc) is 2.87. The van der Waals surface area contributed by atoms with Crippen LogP contribution in [0, 0.1) is 0 Å². The largest absolute Gasteiger partial charge is 0.378 e. The SMILES string of the molecule is CO[C@H]1CNCC1N1C(=O)Cc2ccccc2C1=O. The molecule has 2 heterocycles. The van der Waals surface area contributed by atoms with Crippen LogP contribution in [-0.2, 0) is 16.0 Å². The summed E-state index contributed by atoms with van der Waals surface area (Å²) in [7, 11) is 1.61. The molecule has 1 saturated heterocycles. The Morgan fingerprint density at radius 1 is 1.26 bits per heavy atom. The van der Waals surface area contributed by atoms with Gasteiger partial charge in [-0.3, -0.25) is 14.5 Å². The van der Waals surface area contributed by atoms with E-state index in [1.165, 1.54) is 4.90 Å². The van der Waals surface area contributed by atoms with Gasteiger partial charge in [-0.2, -0.15) is 0 Å². The Morgan fingerprint density at radius 2 is 2.05 bits per heavy atom. The normalized spacial score (nSPS) is 26.7. The molecule has 2 amide bonds. The standard InChI is InChI=1S/C14H16N2O3/c1-19-12-8-15-7-11(12)16-13(17)6-9-4-2-3-5-10(9)14(16)18/h2-5,11-12,15H,6-8H2,1H3/t11?,12-/m0/s1. The Labute approximate surface area is 111 Å². The maximum atomic E-state index is 12.5. The number of hydrogen-bond donors (Lipinski definition) is 1. The molecule has 5 nitrogen and oxygen atoms in total. The molecule has 0 aromatic heterocycles. The Balaban J connectivity index is 1.95. The number of fused-ring (bicyclic) bond motifs is 1. The first-order valence-corrected chi connectivity index (χ1v) is 6.40. The fourth-order valence-electron chi connectivity index (χ4n) is 2.85. The number of nitrogens with zero attached hydrogens (tertiary/aromatic N) is 1. The number of benzene rings is 1. The van der Waals surface area contributed by atoms with Crippen molar-refractivity contribution in [3.63, 3.8) is 0 Å². The van der Waals surface area contributed by atoms with E-state index in [0.29, 0.717) is 18.7 Å². The van der Waals surface area contributed by atoms with E-state index in [-0.39, 0.29) is 30.4 Å². The van der Waals surface area contributed by atoms with Gasteiger partial charge in [0.1, 0.15) is 0 Å². The number of carbonyl (C=O) groups is 2. The lowest BCUT2D eigenvalue weighted by molar-refractivity contribution is -0.131. The average molecular weight is 260 g/mol. The number of carbonyl (C=O) groups excluding carboxylic acids is 2. The van der Waals surface area contributed by atoms with Gasteiger partial charge in [0.15, 0.2) is 0 Å². The molecule has 1 fully saturated rings. The Hall–Kier alpha value is -1.72. The van der Waals surface area contributed by atoms with E-state index in [2.05, 4.69) is 5.32 Å². The van der Waals surface area contributed by atoms with Crippen LogP contribution >= 0.6 is 0 Å². The minimum Gasteiger partial charge on any atom is -0.378 e. The molecule has 2 aliphatic heterocycles. The maximum absolute atomic E-state index is 12.5. The fourth-order valence-corrected chi connectivity index (χ4v) is 2.85. The highest BCUT2D eigenvalue weighted by molar-refractivity contribution is 6.10. The summed E-state index contributed by atoms with van der Waals surface area (Å²) in [6.45, 7) is 1.26. The van der Waals surface area contributed by atoms with Crippen LogP contribution in [0.1, 0.15) is 15.9 Å². The van der Waals surface area contributed by atoms with Gasteiger partial charge in [0.25, 0.3) is 5.91 Å². The summed E-state index contributed by atoms with van der Waals surface area (Å²) in [5, 5.41) is 3.16. The van der Waals surface area contributed by atoms with Crippen molar-refractivity contribution in [1.29, 1.82) is 0 Å². The summed E-state index contributed by atoms with van der Waals surface area (Å²) in [6, 6.07) is 7.08. The number of rotatable bonds is 2. The fraction of sp³-hybridized carbons (Fsp3) is 0.429. The van der Waals surface area contributed by atoms with Gasteiger partial charge < -0.3 is 10.1 Å². The van der Waals surface area contributed by atoms with Gasteiger partial charge in [-0.25, -0.2) is 0 Å². The Bertz CT molecular complexity index is 529. The number of ether oxygens (including phenoxy) is 1. The smallest absolute Gasteiger partial charge is 0.261 e. The van der Waals surface area contributed by atoms with E-state index < -0.39 is 0 Å². The van der Waals surface area contributed by atoms with Crippen LogP contribution in [0.25, 0.3) is 0 Å². The van der Waals surface area contributed by atoms with Gasteiger partial charge in [-0.1, -0.05) is 18.2 Å². The zero-order valence-electron chi connectivity index (χ0n) is 10.8. The van der Waals surface area contributed by atoms with E-state index in [9.17, 15) is 9.59 Å². The minimum absolute atomic E-state index is 0.127. The van der Waals surface area contributed by atoms with Gasteiger partial charge in [0.2, 0.25) is 5.91 Å². The van der Waals surface area contributed by atoms with Crippen LogP contribution in [-0.4, -0.2) is 49.1 Å². The summed E-state index contributed by atoms with van der Waals surface area (Å²) in [5.74, 6) is -0.345. The predicted molar refractivity (Wildman–Crippen MR) is 68.8 cm³/mol. The zero-order chi connectivity index (χ0) is 13.4. The first kappa shape index (κ1) is 12.3. The minimum atomic E-state index is -0.210. The molecule has 0 bridgehead atoms. The highest BCUT2D eigenvalue weighted by atomic mass is 16.5. The van der Waals surface area contributed by atoms with Crippen molar-refractivity contribution in [1.82, 2.24) is 10.2 Å². The molecule has 0 aliphatic carbocycles. The highest BCUT2D eigenvalue weighted by Gasteiger charge is 2.41. The first-order valence-electron chi connectivity index (χ1n) is 6.40. The summed E-state index contributed by atoms with van der Waals surface area (Å²) < 4.78 is 5.35. The van der Waals surface area contributed by atoms with Crippen LogP contribution in [0.15, 0.2) is 24.3 Å². The van der Waals surface area contributed by atoms with Crippen LogP contribution in [0.5, 0.6) is 0 Å². The lowest BCUT2D eigenvalue weighted by Crippen LogP contribution is -2.53. The van der Waals surface area contributed by atoms with Gasteiger partial charge in [0, 0.05) is 25.8 Å². The third kappa shape index (κ3) is 1.95. The van der Waals surface area contributed by atoms with Crippen molar-refractivity contribution in [2.24, 2.45) is 0 Å². The van der Waals surface area contributed by atoms with E-state index in [4.69, 9.17) is 4.74 Å². The predicted octanol–water partition coefficient (Wildman–Crippen LogP) is 0.198. The number of amides is 2. The van der Waals surface area contributed by atoms with E-state index >= 15 is 0 Å². The molecule has 3 rings (SSSR count). The lowest BCUT2D eigenvalue weighted by atomic mass is 9.96. The molecule has 5 heteroatoms. The molecular formula is C14H16N2O3. The van der Waals surface area contributed by atoms with Crippen molar-refractivity contribution in [3.05, 3.63) is 35.4 Å². The Kier molecular flexibility index (Phi) is 3.08. The number of hydrogen-bond acceptors (Lipinski definition) is 4. The topological polar surface area (TPSA) is 58.6 Å². The molecule has 0 spiro atoms. The van der Waals surface area contributed by atoms with Gasteiger partial charge in [0.05, 0.1) is 18.6 Å². The van der Waals surface area contributed by atoms with Crippen LogP contribution in [0.4, 0.5) is 0 Å². The molecule has 19 heavy (non-hydrogen) atoms. The molecule has 0 radical (unpaired) electrons. The number of nitrogens with one attached hydrogen (secondary N) is 1. The molecule has 100 valence electrons. The summed E-state index contributed by atoms with van der Waals surface area (Å²) in [4.78, 5) is 26.1. The third-order valence-electron chi connectivity index (χ3n) is 3.84. The van der Waals surface area contributed by atoms with E-state index in [0.717, 1.165) is 5.56 Å². The van der Waals surface area contributed by atoms with Crippen molar-refractivity contribution in [2.45, 2.75) is 18.6 Å². The summed E-state index contributed by atoms with van der Waals surface area (Å²) >= 11 is 0. The van der Waals surface area contributed by atoms with E-state index in [1.54, 1.807) is 13.2 Å². The second-order valence-corrected chi connectivity index (χ2v) is 4.90. The van der Waals surface area contributed by atoms with Crippen molar-refractivity contribution in [3.8, 4) is 0 Å². The van der Waals surface area contributed by atoms with Crippen LogP contribution in [0.3, 0.4) is 0 Å². The van der Waals surface area contributed by atoms with Crippen LogP contribution in [0.2, 0.25) is 0 Å². The Morgan fingerprint density at radius 3 is 2.84 bits per heavy atom. The molecular weight excluding hydrogens is 244 g/mol. The monoisotopic (exact) mass is 260 g/mol. The number of imide groups is 1. The summed E-state index contributed by atoms with van der Waals surface area (Å²) in [6.07, 6.45) is 0.160. The van der Waals surface area contributed by atoms with Crippen molar-refractivity contribution >= 4 is 11.8 Å². The summed E-state index contributed by atoms with van der Waals surface area (Å²) in [5.41, 5.74) is 1.44. The molecule has 1 unspecified atom stereocenters. The number of methoxy groups -OCH3 is 1. The second-order valence-electron chi connectivity index (χ2n) is 4.90. The molecule has 0 saturated carbocycles. The lowest BCUT2D eigenvalue weighted by Gasteiger charge is -2.33. The molecule has 1 N–H and O–H groups in total.